The number of aromatic nitrogens is 2. The van der Waals surface area contributed by atoms with E-state index in [0.29, 0.717) is 38.0 Å². The van der Waals surface area contributed by atoms with E-state index in [1.54, 1.807) is 0 Å². The maximum absolute atomic E-state index is 13.5. The Balaban J connectivity index is 1.34. The van der Waals surface area contributed by atoms with E-state index in [-0.39, 0.29) is 29.9 Å². The number of para-hydroxylation sites is 1. The van der Waals surface area contributed by atoms with Crippen LogP contribution in [0.25, 0.3) is 21.8 Å². The Morgan fingerprint density at radius 1 is 0.933 bits per heavy atom. The lowest BCUT2D eigenvalue weighted by Gasteiger charge is -2.13. The molecular formula is C35H40N8O2. The summed E-state index contributed by atoms with van der Waals surface area (Å²) in [6.45, 7) is 1.09. The predicted molar refractivity (Wildman–Crippen MR) is 180 cm³/mol. The number of amidine groups is 1. The van der Waals surface area contributed by atoms with Gasteiger partial charge in [0.2, 0.25) is 0 Å². The molecule has 3 aromatic carbocycles. The molecule has 0 radical (unpaired) electrons. The van der Waals surface area contributed by atoms with Crippen LogP contribution in [0.5, 0.6) is 0 Å². The van der Waals surface area contributed by atoms with Gasteiger partial charge in [0.15, 0.2) is 11.7 Å². The number of Topliss-reactive ketones (excluding diaryl/α,β-unsaturated/α-hetero) is 1. The Bertz CT molecular complexity index is 1830. The van der Waals surface area contributed by atoms with Crippen molar-refractivity contribution in [3.8, 4) is 0 Å². The van der Waals surface area contributed by atoms with Crippen LogP contribution >= 0.6 is 0 Å². The minimum Gasteiger partial charge on any atom is -0.388 e. The molecule has 0 spiro atoms. The Kier molecular flexibility index (Phi) is 9.93. The van der Waals surface area contributed by atoms with E-state index in [0.717, 1.165) is 51.3 Å². The van der Waals surface area contributed by atoms with Gasteiger partial charge in [0.25, 0.3) is 5.91 Å². The largest absolute Gasteiger partial charge is 0.388 e. The second-order valence-corrected chi connectivity index (χ2v) is 11.3. The summed E-state index contributed by atoms with van der Waals surface area (Å²) >= 11 is 0. The van der Waals surface area contributed by atoms with Gasteiger partial charge in [0.1, 0.15) is 11.7 Å². The summed E-state index contributed by atoms with van der Waals surface area (Å²) in [5.41, 5.74) is 22.4. The first-order chi connectivity index (χ1) is 21.8. The van der Waals surface area contributed by atoms with Crippen LogP contribution in [-0.4, -0.2) is 45.6 Å². The minimum atomic E-state index is -0.697. The highest BCUT2D eigenvalue weighted by molar-refractivity contribution is 5.99. The van der Waals surface area contributed by atoms with Gasteiger partial charge in [-0.25, -0.2) is 4.99 Å². The second kappa shape index (κ2) is 14.4. The van der Waals surface area contributed by atoms with Crippen LogP contribution in [0.1, 0.15) is 46.4 Å². The number of aliphatic imine (C=N–C) groups is 1. The third kappa shape index (κ3) is 7.97. The number of benzene rings is 3. The molecule has 0 aliphatic heterocycles. The van der Waals surface area contributed by atoms with Crippen LogP contribution in [0.3, 0.4) is 0 Å². The fraction of sp³-hybridized carbons (Fsp3) is 0.257. The summed E-state index contributed by atoms with van der Waals surface area (Å²) in [7, 11) is 0. The SMILES string of the molecule is N=C(N)CCCCn1c(C(=O)NCCc2c[nH]c3ccccc23)cc2cc(CC(=O)C(Cc3ccccc3)N=C(N)N)ccc21. The number of amides is 1. The van der Waals surface area contributed by atoms with E-state index in [2.05, 4.69) is 21.4 Å². The molecule has 1 amide bonds. The van der Waals surface area contributed by atoms with Crippen LogP contribution < -0.4 is 22.5 Å². The molecule has 0 saturated heterocycles. The number of hydrogen-bond donors (Lipinski definition) is 6. The Labute approximate surface area is 262 Å². The first kappa shape index (κ1) is 31.1. The number of hydrogen-bond acceptors (Lipinski definition) is 4. The van der Waals surface area contributed by atoms with Gasteiger partial charge in [-0.15, -0.1) is 0 Å². The summed E-state index contributed by atoms with van der Waals surface area (Å²) in [6, 6.07) is 24.8. The van der Waals surface area contributed by atoms with Crippen molar-refractivity contribution >= 4 is 45.3 Å². The molecular weight excluding hydrogens is 564 g/mol. The normalized spacial score (nSPS) is 11.8. The van der Waals surface area contributed by atoms with Gasteiger partial charge in [0.05, 0.1) is 5.84 Å². The van der Waals surface area contributed by atoms with Gasteiger partial charge in [0, 0.05) is 60.4 Å². The van der Waals surface area contributed by atoms with Crippen molar-refractivity contribution in [1.29, 1.82) is 5.41 Å². The molecule has 5 rings (SSSR count). The number of nitrogens with one attached hydrogen (secondary N) is 3. The second-order valence-electron chi connectivity index (χ2n) is 11.3. The van der Waals surface area contributed by atoms with Crippen molar-refractivity contribution in [2.24, 2.45) is 22.2 Å². The maximum atomic E-state index is 13.5. The van der Waals surface area contributed by atoms with E-state index in [1.165, 1.54) is 0 Å². The quantitative estimate of drug-likeness (QED) is 0.0594. The summed E-state index contributed by atoms with van der Waals surface area (Å²) < 4.78 is 2.01. The van der Waals surface area contributed by atoms with E-state index >= 15 is 0 Å². The molecule has 0 saturated carbocycles. The summed E-state index contributed by atoms with van der Waals surface area (Å²) in [5.74, 6) is -0.221. The highest BCUT2D eigenvalue weighted by Gasteiger charge is 2.21. The molecule has 1 atom stereocenters. The Morgan fingerprint density at radius 3 is 2.49 bits per heavy atom. The number of fused-ring (bicyclic) bond motifs is 2. The van der Waals surface area contributed by atoms with Crippen LogP contribution in [-0.2, 0) is 30.6 Å². The summed E-state index contributed by atoms with van der Waals surface area (Å²) in [6.07, 6.45) is 5.26. The number of H-pyrrole nitrogens is 1. The zero-order valence-electron chi connectivity index (χ0n) is 25.3. The molecule has 45 heavy (non-hydrogen) atoms. The molecule has 10 heteroatoms. The highest BCUT2D eigenvalue weighted by Crippen LogP contribution is 2.24. The molecule has 0 bridgehead atoms. The van der Waals surface area contributed by atoms with Gasteiger partial charge >= 0.3 is 0 Å². The van der Waals surface area contributed by atoms with Crippen molar-refractivity contribution in [3.05, 3.63) is 107 Å². The number of unbranched alkanes of at least 4 members (excludes halogenated alkanes) is 1. The molecule has 1 unspecified atom stereocenters. The molecule has 0 aliphatic rings. The average molecular weight is 605 g/mol. The number of aromatic amines is 1. The monoisotopic (exact) mass is 604 g/mol. The average Bonchev–Trinajstić information content (AvgIpc) is 3.60. The Hall–Kier alpha value is -5.38. The molecule has 232 valence electrons. The summed E-state index contributed by atoms with van der Waals surface area (Å²) in [5, 5.41) is 12.7. The first-order valence-electron chi connectivity index (χ1n) is 15.2. The fourth-order valence-corrected chi connectivity index (χ4v) is 5.75. The van der Waals surface area contributed by atoms with Crippen molar-refractivity contribution < 1.29 is 9.59 Å². The van der Waals surface area contributed by atoms with Crippen molar-refractivity contribution in [1.82, 2.24) is 14.9 Å². The predicted octanol–water partition coefficient (Wildman–Crippen LogP) is 4.20. The standard InChI is InChI=1S/C35H40N8O2/c36-33(37)12-6-7-17-43-30-14-13-24(20-32(44)29(42-35(38)39)19-23-8-2-1-3-9-23)18-26(30)21-31(43)34(45)40-16-15-25-22-41-28-11-5-4-10-27(25)28/h1-5,8-11,13-14,18,21-22,29,41H,6-7,12,15-17,19-20H2,(H3,36,37)(H,40,45)(H4,38,39,42). The number of guanidine groups is 1. The number of nitrogens with zero attached hydrogens (tertiary/aromatic N) is 2. The number of ketones is 1. The van der Waals surface area contributed by atoms with Gasteiger partial charge in [-0.2, -0.15) is 0 Å². The van der Waals surface area contributed by atoms with Crippen LogP contribution in [0.4, 0.5) is 0 Å². The fourth-order valence-electron chi connectivity index (χ4n) is 5.75. The van der Waals surface area contributed by atoms with Gasteiger partial charge in [-0.1, -0.05) is 54.6 Å². The molecule has 0 fully saturated rings. The third-order valence-electron chi connectivity index (χ3n) is 7.96. The van der Waals surface area contributed by atoms with Gasteiger partial charge in [-0.05, 0) is 60.2 Å². The van der Waals surface area contributed by atoms with E-state index in [9.17, 15) is 9.59 Å². The lowest BCUT2D eigenvalue weighted by atomic mass is 9.97. The third-order valence-corrected chi connectivity index (χ3v) is 7.96. The minimum absolute atomic E-state index is 0.0921. The van der Waals surface area contributed by atoms with E-state index in [1.807, 2.05) is 83.6 Å². The lowest BCUT2D eigenvalue weighted by molar-refractivity contribution is -0.119. The van der Waals surface area contributed by atoms with E-state index < -0.39 is 6.04 Å². The highest BCUT2D eigenvalue weighted by atomic mass is 16.2. The van der Waals surface area contributed by atoms with E-state index in [4.69, 9.17) is 22.6 Å². The van der Waals surface area contributed by atoms with Crippen LogP contribution in [0.15, 0.2) is 90.1 Å². The van der Waals surface area contributed by atoms with Crippen LogP contribution in [0, 0.1) is 5.41 Å². The topological polar surface area (TPSA) is 181 Å². The molecule has 0 aliphatic carbocycles. The molecule has 2 heterocycles. The van der Waals surface area contributed by atoms with Gasteiger partial charge in [-0.3, -0.25) is 15.0 Å². The number of carbonyl (C=O) groups is 2. The molecule has 2 aromatic heterocycles. The van der Waals surface area contributed by atoms with Crippen LogP contribution in [0.2, 0.25) is 0 Å². The van der Waals surface area contributed by atoms with Crippen molar-refractivity contribution in [3.63, 3.8) is 0 Å². The van der Waals surface area contributed by atoms with Gasteiger partial charge < -0.3 is 32.1 Å². The first-order valence-corrected chi connectivity index (χ1v) is 15.2. The summed E-state index contributed by atoms with van der Waals surface area (Å²) in [4.78, 5) is 34.4. The maximum Gasteiger partial charge on any atom is 0.267 e. The number of rotatable bonds is 15. The van der Waals surface area contributed by atoms with Crippen molar-refractivity contribution in [2.45, 2.75) is 51.1 Å². The molecule has 5 aromatic rings. The Morgan fingerprint density at radius 2 is 1.71 bits per heavy atom. The zero-order chi connectivity index (χ0) is 31.8. The smallest absolute Gasteiger partial charge is 0.267 e. The number of carbonyl (C=O) groups excluding carboxylic acids is 2. The molecule has 10 nitrogen and oxygen atoms in total. The lowest BCUT2D eigenvalue weighted by Crippen LogP contribution is -2.31. The molecule has 9 N–H and O–H groups in total. The number of aryl methyl sites for hydroxylation is 1. The zero-order valence-corrected chi connectivity index (χ0v) is 25.3. The number of nitrogens with two attached hydrogens (primary N) is 3. The van der Waals surface area contributed by atoms with Crippen molar-refractivity contribution in [2.75, 3.05) is 6.54 Å².